The molecule has 0 saturated carbocycles. The van der Waals surface area contributed by atoms with E-state index in [0.29, 0.717) is 0 Å². The summed E-state index contributed by atoms with van der Waals surface area (Å²) >= 11 is 3.61. The van der Waals surface area contributed by atoms with E-state index >= 15 is 0 Å². The number of fused-ring (bicyclic) bond motifs is 6. The number of aromatic nitrogens is 1. The lowest BCUT2D eigenvalue weighted by Gasteiger charge is -2.09. The fourth-order valence-electron chi connectivity index (χ4n) is 5.83. The van der Waals surface area contributed by atoms with Crippen molar-refractivity contribution < 1.29 is 4.42 Å². The second-order valence-corrected chi connectivity index (χ2v) is 10.9. The standard InChI is InChI=1S/C36H22BrNO/c37-27-10-6-9-25(20-27)23-7-5-8-24(19-23)26-15-18-34-32(21-26)29-11-1-3-13-33(29)38(34)28-16-17-31-30-12-2-4-14-35(30)39-36(31)22-28/h1-22H. The summed E-state index contributed by atoms with van der Waals surface area (Å²) in [6.07, 6.45) is 0. The van der Waals surface area contributed by atoms with Gasteiger partial charge >= 0.3 is 0 Å². The Hall–Kier alpha value is -4.60. The highest BCUT2D eigenvalue weighted by molar-refractivity contribution is 9.10. The monoisotopic (exact) mass is 563 g/mol. The van der Waals surface area contributed by atoms with Gasteiger partial charge in [0.15, 0.2) is 0 Å². The Morgan fingerprint density at radius 2 is 1.10 bits per heavy atom. The van der Waals surface area contributed by atoms with Crippen LogP contribution >= 0.6 is 15.9 Å². The summed E-state index contributed by atoms with van der Waals surface area (Å²) in [6.45, 7) is 0. The molecule has 0 aliphatic carbocycles. The quantitative estimate of drug-likeness (QED) is 0.209. The highest BCUT2D eigenvalue weighted by Crippen LogP contribution is 2.37. The summed E-state index contributed by atoms with van der Waals surface area (Å²) in [5.41, 5.74) is 10.1. The van der Waals surface area contributed by atoms with Crippen LogP contribution in [0, 0.1) is 0 Å². The minimum atomic E-state index is 0.903. The highest BCUT2D eigenvalue weighted by Gasteiger charge is 2.15. The van der Waals surface area contributed by atoms with Crippen LogP contribution in [0.2, 0.25) is 0 Å². The second-order valence-electron chi connectivity index (χ2n) is 9.95. The van der Waals surface area contributed by atoms with Gasteiger partial charge in [-0.3, -0.25) is 0 Å². The molecular weight excluding hydrogens is 542 g/mol. The third-order valence-electron chi connectivity index (χ3n) is 7.65. The van der Waals surface area contributed by atoms with Crippen molar-refractivity contribution >= 4 is 59.7 Å². The second kappa shape index (κ2) is 8.72. The molecule has 0 amide bonds. The van der Waals surface area contributed by atoms with Gasteiger partial charge in [-0.15, -0.1) is 0 Å². The van der Waals surface area contributed by atoms with Crippen molar-refractivity contribution in [2.75, 3.05) is 0 Å². The molecule has 184 valence electrons. The van der Waals surface area contributed by atoms with Crippen molar-refractivity contribution in [3.05, 3.63) is 138 Å². The van der Waals surface area contributed by atoms with Crippen LogP contribution in [-0.4, -0.2) is 4.57 Å². The maximum absolute atomic E-state index is 6.23. The molecule has 0 fully saturated rings. The number of furan rings is 1. The molecule has 39 heavy (non-hydrogen) atoms. The predicted molar refractivity (Wildman–Crippen MR) is 167 cm³/mol. The van der Waals surface area contributed by atoms with Crippen LogP contribution in [0.3, 0.4) is 0 Å². The summed E-state index contributed by atoms with van der Waals surface area (Å²) in [6, 6.07) is 47.5. The van der Waals surface area contributed by atoms with Gasteiger partial charge in [0.2, 0.25) is 0 Å². The smallest absolute Gasteiger partial charge is 0.137 e. The third kappa shape index (κ3) is 3.62. The molecular formula is C36H22BrNO. The average molecular weight is 564 g/mol. The van der Waals surface area contributed by atoms with Crippen molar-refractivity contribution in [3.63, 3.8) is 0 Å². The molecule has 0 N–H and O–H groups in total. The number of rotatable bonds is 3. The molecule has 2 nitrogen and oxygen atoms in total. The molecule has 2 aromatic heterocycles. The van der Waals surface area contributed by atoms with Crippen molar-refractivity contribution in [2.45, 2.75) is 0 Å². The van der Waals surface area contributed by atoms with E-state index in [-0.39, 0.29) is 0 Å². The number of para-hydroxylation sites is 2. The van der Waals surface area contributed by atoms with Crippen LogP contribution in [0.1, 0.15) is 0 Å². The first-order valence-corrected chi connectivity index (χ1v) is 13.8. The van der Waals surface area contributed by atoms with Gasteiger partial charge < -0.3 is 8.98 Å². The van der Waals surface area contributed by atoms with Crippen molar-refractivity contribution in [1.29, 1.82) is 0 Å². The lowest BCUT2D eigenvalue weighted by molar-refractivity contribution is 0.668. The van der Waals surface area contributed by atoms with Crippen LogP contribution in [0.4, 0.5) is 0 Å². The van der Waals surface area contributed by atoms with E-state index in [4.69, 9.17) is 4.42 Å². The van der Waals surface area contributed by atoms with E-state index in [1.807, 2.05) is 12.1 Å². The number of nitrogens with zero attached hydrogens (tertiary/aromatic N) is 1. The van der Waals surface area contributed by atoms with Crippen molar-refractivity contribution in [3.8, 4) is 27.9 Å². The van der Waals surface area contributed by atoms with Crippen LogP contribution in [-0.2, 0) is 0 Å². The Labute approximate surface area is 233 Å². The van der Waals surface area contributed by atoms with E-state index in [9.17, 15) is 0 Å². The third-order valence-corrected chi connectivity index (χ3v) is 8.14. The molecule has 0 radical (unpaired) electrons. The van der Waals surface area contributed by atoms with E-state index in [1.54, 1.807) is 0 Å². The molecule has 8 rings (SSSR count). The Balaban J connectivity index is 1.31. The van der Waals surface area contributed by atoms with Crippen LogP contribution in [0.15, 0.2) is 142 Å². The molecule has 2 heterocycles. The topological polar surface area (TPSA) is 18.1 Å². The van der Waals surface area contributed by atoms with E-state index in [1.165, 1.54) is 44.1 Å². The van der Waals surface area contributed by atoms with Gasteiger partial charge in [-0.25, -0.2) is 0 Å². The summed E-state index contributed by atoms with van der Waals surface area (Å²) in [7, 11) is 0. The fourth-order valence-corrected chi connectivity index (χ4v) is 6.23. The molecule has 0 spiro atoms. The molecule has 6 aromatic carbocycles. The van der Waals surface area contributed by atoms with Crippen LogP contribution in [0.25, 0.3) is 71.7 Å². The van der Waals surface area contributed by atoms with Crippen LogP contribution in [0.5, 0.6) is 0 Å². The average Bonchev–Trinajstić information content (AvgIpc) is 3.52. The van der Waals surface area contributed by atoms with Gasteiger partial charge in [0.05, 0.1) is 11.0 Å². The van der Waals surface area contributed by atoms with E-state index in [2.05, 4.69) is 142 Å². The Bertz CT molecular complexity index is 2200. The fraction of sp³-hybridized carbons (Fsp3) is 0. The van der Waals surface area contributed by atoms with E-state index in [0.717, 1.165) is 32.1 Å². The van der Waals surface area contributed by atoms with Crippen molar-refractivity contribution in [2.24, 2.45) is 0 Å². The summed E-state index contributed by atoms with van der Waals surface area (Å²) in [5.74, 6) is 0. The molecule has 0 bridgehead atoms. The molecule has 0 aliphatic rings. The van der Waals surface area contributed by atoms with Gasteiger partial charge in [0, 0.05) is 37.8 Å². The van der Waals surface area contributed by atoms with Gasteiger partial charge in [-0.2, -0.15) is 0 Å². The lowest BCUT2D eigenvalue weighted by Crippen LogP contribution is -1.93. The Morgan fingerprint density at radius 3 is 1.95 bits per heavy atom. The predicted octanol–water partition coefficient (Wildman–Crippen LogP) is 10.8. The first-order chi connectivity index (χ1) is 19.2. The zero-order chi connectivity index (χ0) is 25.9. The van der Waals surface area contributed by atoms with Gasteiger partial charge in [-0.05, 0) is 76.9 Å². The maximum atomic E-state index is 6.23. The Kier molecular flexibility index (Phi) is 5.01. The first kappa shape index (κ1) is 22.4. The summed E-state index contributed by atoms with van der Waals surface area (Å²) in [4.78, 5) is 0. The number of benzene rings is 6. The highest BCUT2D eigenvalue weighted by atomic mass is 79.9. The first-order valence-electron chi connectivity index (χ1n) is 13.0. The molecule has 0 atom stereocenters. The molecule has 8 aromatic rings. The SMILES string of the molecule is Brc1cccc(-c2cccc(-c3ccc4c(c3)c3ccccc3n4-c3ccc4c(c3)oc3ccccc34)c2)c1. The van der Waals surface area contributed by atoms with E-state index < -0.39 is 0 Å². The van der Waals surface area contributed by atoms with Gasteiger partial charge in [-0.1, -0.05) is 88.7 Å². The largest absolute Gasteiger partial charge is 0.456 e. The summed E-state index contributed by atoms with van der Waals surface area (Å²) in [5, 5.41) is 4.77. The van der Waals surface area contributed by atoms with Gasteiger partial charge in [0.25, 0.3) is 0 Å². The Morgan fingerprint density at radius 1 is 0.436 bits per heavy atom. The molecule has 0 aliphatic heterocycles. The molecule has 3 heteroatoms. The zero-order valence-electron chi connectivity index (χ0n) is 20.9. The van der Waals surface area contributed by atoms with Crippen LogP contribution < -0.4 is 0 Å². The molecule has 0 unspecified atom stereocenters. The number of halogens is 1. The lowest BCUT2D eigenvalue weighted by atomic mass is 9.98. The minimum absolute atomic E-state index is 0.903. The summed E-state index contributed by atoms with van der Waals surface area (Å²) < 4.78 is 9.66. The van der Waals surface area contributed by atoms with Crippen molar-refractivity contribution in [1.82, 2.24) is 4.57 Å². The van der Waals surface area contributed by atoms with Gasteiger partial charge in [0.1, 0.15) is 11.2 Å². The molecule has 0 saturated heterocycles. The normalized spacial score (nSPS) is 11.7. The number of hydrogen-bond donors (Lipinski definition) is 0. The maximum Gasteiger partial charge on any atom is 0.137 e. The number of hydrogen-bond acceptors (Lipinski definition) is 1. The zero-order valence-corrected chi connectivity index (χ0v) is 22.5. The minimum Gasteiger partial charge on any atom is -0.456 e.